The van der Waals surface area contributed by atoms with Gasteiger partial charge in [-0.25, -0.2) is 0 Å². The van der Waals surface area contributed by atoms with E-state index in [1.54, 1.807) is 41.3 Å². The first-order valence-electron chi connectivity index (χ1n) is 9.00. The number of benzene rings is 2. The number of carbonyl (C=O) groups excluding carboxylic acids is 2. The Morgan fingerprint density at radius 1 is 0.964 bits per heavy atom. The summed E-state index contributed by atoms with van der Waals surface area (Å²) in [6, 6.07) is 16.5. The van der Waals surface area contributed by atoms with Crippen LogP contribution in [-0.2, 0) is 14.3 Å². The third-order valence-corrected chi connectivity index (χ3v) is 4.45. The summed E-state index contributed by atoms with van der Waals surface area (Å²) in [6.45, 7) is 1.96. The molecule has 1 aliphatic rings. The fourth-order valence-electron chi connectivity index (χ4n) is 2.72. The summed E-state index contributed by atoms with van der Waals surface area (Å²) in [4.78, 5) is 27.0. The normalized spacial score (nSPS) is 14.9. The molecule has 28 heavy (non-hydrogen) atoms. The fourth-order valence-corrected chi connectivity index (χ4v) is 2.85. The molecule has 0 bridgehead atoms. The van der Waals surface area contributed by atoms with Crippen LogP contribution in [0.3, 0.4) is 0 Å². The number of rotatable bonds is 5. The van der Waals surface area contributed by atoms with Crippen molar-refractivity contribution in [3.8, 4) is 0 Å². The van der Waals surface area contributed by atoms with E-state index in [9.17, 15) is 9.59 Å². The molecule has 2 aromatic rings. The zero-order valence-electron chi connectivity index (χ0n) is 15.3. The molecule has 0 radical (unpaired) electrons. The number of nitrogens with one attached hydrogen (secondary N) is 1. The van der Waals surface area contributed by atoms with Gasteiger partial charge in [-0.1, -0.05) is 54.1 Å². The molecule has 144 valence electrons. The van der Waals surface area contributed by atoms with Gasteiger partial charge in [-0.2, -0.15) is 0 Å². The van der Waals surface area contributed by atoms with Gasteiger partial charge in [-0.15, -0.1) is 0 Å². The smallest absolute Gasteiger partial charge is 0.270 e. The molecule has 0 aliphatic carbocycles. The van der Waals surface area contributed by atoms with Crippen molar-refractivity contribution in [1.29, 1.82) is 0 Å². The zero-order chi connectivity index (χ0) is 19.8. The van der Waals surface area contributed by atoms with Crippen LogP contribution in [0.2, 0.25) is 5.02 Å². The van der Waals surface area contributed by atoms with E-state index in [-0.39, 0.29) is 17.5 Å². The summed E-state index contributed by atoms with van der Waals surface area (Å²) < 4.78 is 5.30. The maximum atomic E-state index is 12.9. The third-order valence-electron chi connectivity index (χ3n) is 4.19. The lowest BCUT2D eigenvalue weighted by atomic mass is 10.1. The molecule has 2 aromatic carbocycles. The Balaban J connectivity index is 1.78. The minimum absolute atomic E-state index is 0.215. The second kappa shape index (κ2) is 9.88. The van der Waals surface area contributed by atoms with Gasteiger partial charge in [0.2, 0.25) is 5.91 Å². The lowest BCUT2D eigenvalue weighted by molar-refractivity contribution is -0.132. The van der Waals surface area contributed by atoms with Crippen LogP contribution < -0.4 is 5.32 Å². The van der Waals surface area contributed by atoms with Crippen molar-refractivity contribution in [3.05, 3.63) is 82.5 Å². The van der Waals surface area contributed by atoms with Crippen LogP contribution in [0.4, 0.5) is 0 Å². The summed E-state index contributed by atoms with van der Waals surface area (Å²) in [6.07, 6.45) is 4.77. The van der Waals surface area contributed by atoms with Crippen LogP contribution in [-0.4, -0.2) is 43.0 Å². The van der Waals surface area contributed by atoms with E-state index in [4.69, 9.17) is 16.3 Å². The molecule has 0 aromatic heterocycles. The predicted octanol–water partition coefficient (Wildman–Crippen LogP) is 3.37. The van der Waals surface area contributed by atoms with E-state index < -0.39 is 0 Å². The van der Waals surface area contributed by atoms with Crippen LogP contribution in [0.15, 0.2) is 66.4 Å². The van der Waals surface area contributed by atoms with Crippen molar-refractivity contribution in [1.82, 2.24) is 10.2 Å². The van der Waals surface area contributed by atoms with E-state index in [2.05, 4.69) is 5.32 Å². The quantitative estimate of drug-likeness (QED) is 0.788. The Hall–Kier alpha value is -2.89. The lowest BCUT2D eigenvalue weighted by Gasteiger charge is -2.27. The fraction of sp³-hybridized carbons (Fsp3) is 0.182. The average molecular weight is 397 g/mol. The molecule has 0 saturated carbocycles. The number of carbonyl (C=O) groups is 2. The maximum Gasteiger partial charge on any atom is 0.270 e. The minimum Gasteiger partial charge on any atom is -0.378 e. The predicted molar refractivity (Wildman–Crippen MR) is 110 cm³/mol. The van der Waals surface area contributed by atoms with Crippen molar-refractivity contribution < 1.29 is 14.3 Å². The zero-order valence-corrected chi connectivity index (χ0v) is 16.1. The molecule has 1 N–H and O–H groups in total. The second-order valence-corrected chi connectivity index (χ2v) is 6.68. The number of halogens is 1. The van der Waals surface area contributed by atoms with Gasteiger partial charge >= 0.3 is 0 Å². The molecule has 1 fully saturated rings. The monoisotopic (exact) mass is 396 g/mol. The maximum absolute atomic E-state index is 12.9. The molecule has 2 amide bonds. The third kappa shape index (κ3) is 5.81. The number of nitrogens with zero attached hydrogens (tertiary/aromatic N) is 1. The lowest BCUT2D eigenvalue weighted by Crippen LogP contribution is -2.44. The first-order valence-corrected chi connectivity index (χ1v) is 9.38. The standard InChI is InChI=1S/C22H21ClN2O3/c23-19-9-6-18(7-10-19)16-20(22(27)25-12-14-28-15-13-25)24-21(26)11-8-17-4-2-1-3-5-17/h1-11,16H,12-15H2,(H,24,26)/b11-8+,20-16-. The Labute approximate surface area is 169 Å². The van der Waals surface area contributed by atoms with E-state index in [0.29, 0.717) is 31.3 Å². The van der Waals surface area contributed by atoms with Crippen molar-refractivity contribution in [2.75, 3.05) is 26.3 Å². The van der Waals surface area contributed by atoms with E-state index in [1.165, 1.54) is 6.08 Å². The molecule has 1 aliphatic heterocycles. The highest BCUT2D eigenvalue weighted by atomic mass is 35.5. The van der Waals surface area contributed by atoms with Crippen LogP contribution in [0.5, 0.6) is 0 Å². The van der Waals surface area contributed by atoms with Gasteiger partial charge in [0.25, 0.3) is 5.91 Å². The highest BCUT2D eigenvalue weighted by Crippen LogP contribution is 2.14. The van der Waals surface area contributed by atoms with E-state index in [0.717, 1.165) is 11.1 Å². The van der Waals surface area contributed by atoms with Crippen molar-refractivity contribution in [2.45, 2.75) is 0 Å². The number of ether oxygens (including phenoxy) is 1. The number of morpholine rings is 1. The van der Waals surface area contributed by atoms with E-state index in [1.807, 2.05) is 30.3 Å². The number of hydrogen-bond donors (Lipinski definition) is 1. The molecule has 0 spiro atoms. The Morgan fingerprint density at radius 3 is 2.32 bits per heavy atom. The van der Waals surface area contributed by atoms with Crippen LogP contribution in [0.1, 0.15) is 11.1 Å². The summed E-state index contributed by atoms with van der Waals surface area (Å²) in [5, 5.41) is 3.32. The van der Waals surface area contributed by atoms with Crippen LogP contribution in [0, 0.1) is 0 Å². The first kappa shape index (κ1) is 19.9. The molecule has 6 heteroatoms. The molecular formula is C22H21ClN2O3. The molecular weight excluding hydrogens is 376 g/mol. The number of hydrogen-bond acceptors (Lipinski definition) is 3. The molecule has 3 rings (SSSR count). The highest BCUT2D eigenvalue weighted by Gasteiger charge is 2.21. The molecule has 0 unspecified atom stereocenters. The first-order chi connectivity index (χ1) is 13.6. The van der Waals surface area contributed by atoms with Gasteiger partial charge in [0.1, 0.15) is 5.70 Å². The average Bonchev–Trinajstić information content (AvgIpc) is 2.74. The topological polar surface area (TPSA) is 58.6 Å². The summed E-state index contributed by atoms with van der Waals surface area (Å²) >= 11 is 5.93. The van der Waals surface area contributed by atoms with Gasteiger partial charge in [0.05, 0.1) is 13.2 Å². The van der Waals surface area contributed by atoms with Crippen molar-refractivity contribution >= 4 is 35.6 Å². The SMILES string of the molecule is O=C(/C=C/c1ccccc1)N/C(=C\c1ccc(Cl)cc1)C(=O)N1CCOCC1. The molecule has 0 atom stereocenters. The van der Waals surface area contributed by atoms with Crippen LogP contribution in [0.25, 0.3) is 12.2 Å². The van der Waals surface area contributed by atoms with Crippen molar-refractivity contribution in [3.63, 3.8) is 0 Å². The largest absolute Gasteiger partial charge is 0.378 e. The summed E-state index contributed by atoms with van der Waals surface area (Å²) in [5.41, 5.74) is 1.89. The van der Waals surface area contributed by atoms with Gasteiger partial charge in [0, 0.05) is 24.2 Å². The van der Waals surface area contributed by atoms with Gasteiger partial charge < -0.3 is 15.0 Å². The second-order valence-electron chi connectivity index (χ2n) is 6.25. The molecule has 1 heterocycles. The Kier molecular flexibility index (Phi) is 7.00. The summed E-state index contributed by atoms with van der Waals surface area (Å²) in [5.74, 6) is -0.606. The van der Waals surface area contributed by atoms with Crippen molar-refractivity contribution in [2.24, 2.45) is 0 Å². The highest BCUT2D eigenvalue weighted by molar-refractivity contribution is 6.30. The number of amides is 2. The molecule has 1 saturated heterocycles. The Morgan fingerprint density at radius 2 is 1.64 bits per heavy atom. The molecule has 5 nitrogen and oxygen atoms in total. The Bertz CT molecular complexity index is 870. The summed E-state index contributed by atoms with van der Waals surface area (Å²) in [7, 11) is 0. The van der Waals surface area contributed by atoms with Gasteiger partial charge in [-0.3, -0.25) is 9.59 Å². The minimum atomic E-state index is -0.370. The van der Waals surface area contributed by atoms with Crippen LogP contribution >= 0.6 is 11.6 Å². The van der Waals surface area contributed by atoms with Gasteiger partial charge in [0.15, 0.2) is 0 Å². The van der Waals surface area contributed by atoms with E-state index >= 15 is 0 Å². The van der Waals surface area contributed by atoms with Gasteiger partial charge in [-0.05, 0) is 35.4 Å².